The summed E-state index contributed by atoms with van der Waals surface area (Å²) in [4.78, 5) is 29.6. The molecule has 0 saturated heterocycles. The highest BCUT2D eigenvalue weighted by Gasteiger charge is 2.20. The second kappa shape index (κ2) is 10.3. The average Bonchev–Trinajstić information content (AvgIpc) is 3.41. The summed E-state index contributed by atoms with van der Waals surface area (Å²) in [7, 11) is 0. The summed E-state index contributed by atoms with van der Waals surface area (Å²) in [5.41, 5.74) is 2.79. The van der Waals surface area contributed by atoms with E-state index in [0.29, 0.717) is 27.8 Å². The SMILES string of the molecule is Cc1ccc(COc2c(C=Nn3c(-c4cc5ccccc5o4)nc4ccccc4c3=O)cccc2[N+](=O)[O-])cc1. The van der Waals surface area contributed by atoms with Crippen molar-refractivity contribution in [1.82, 2.24) is 9.66 Å². The maximum atomic E-state index is 13.6. The van der Waals surface area contributed by atoms with E-state index in [9.17, 15) is 14.9 Å². The quantitative estimate of drug-likeness (QED) is 0.132. The normalized spacial score (nSPS) is 11.4. The van der Waals surface area contributed by atoms with E-state index in [4.69, 9.17) is 9.15 Å². The first kappa shape index (κ1) is 24.7. The number of hydrogen-bond acceptors (Lipinski definition) is 7. The fourth-order valence-electron chi connectivity index (χ4n) is 4.39. The van der Waals surface area contributed by atoms with Gasteiger partial charge >= 0.3 is 5.69 Å². The number of nitro benzene ring substituents is 1. The molecule has 6 aromatic rings. The van der Waals surface area contributed by atoms with Crippen LogP contribution in [0.5, 0.6) is 5.75 Å². The smallest absolute Gasteiger partial charge is 0.311 e. The van der Waals surface area contributed by atoms with Crippen molar-refractivity contribution in [3.8, 4) is 17.3 Å². The van der Waals surface area contributed by atoms with Crippen molar-refractivity contribution >= 4 is 33.8 Å². The number of aryl methyl sites for hydroxylation is 1. The highest BCUT2D eigenvalue weighted by atomic mass is 16.6. The molecule has 0 atom stereocenters. The molecule has 0 saturated carbocycles. The standard InChI is InChI=1S/C31H22N4O5/c1-20-13-15-21(16-14-20)19-39-29-23(8-6-11-26(29)35(37)38)18-32-34-30(28-17-22-7-2-5-12-27(22)40-28)33-25-10-4-3-9-24(25)31(34)36/h2-18H,19H2,1H3. The predicted molar refractivity (Wildman–Crippen MR) is 153 cm³/mol. The monoisotopic (exact) mass is 530 g/mol. The van der Waals surface area contributed by atoms with Gasteiger partial charge in [0.1, 0.15) is 12.2 Å². The highest BCUT2D eigenvalue weighted by Crippen LogP contribution is 2.31. The lowest BCUT2D eigenvalue weighted by atomic mass is 10.1. The zero-order chi connectivity index (χ0) is 27.6. The molecule has 9 nitrogen and oxygen atoms in total. The minimum Gasteiger partial charge on any atom is -0.481 e. The molecule has 0 amide bonds. The molecule has 0 radical (unpaired) electrons. The van der Waals surface area contributed by atoms with Crippen LogP contribution in [0.2, 0.25) is 0 Å². The topological polar surface area (TPSA) is 113 Å². The van der Waals surface area contributed by atoms with E-state index in [1.165, 1.54) is 12.3 Å². The number of ether oxygens (including phenoxy) is 1. The molecule has 0 aliphatic carbocycles. The number of fused-ring (bicyclic) bond motifs is 2. The van der Waals surface area contributed by atoms with Gasteiger partial charge in [-0.25, -0.2) is 4.98 Å². The second-order valence-corrected chi connectivity index (χ2v) is 9.19. The number of rotatable bonds is 7. The second-order valence-electron chi connectivity index (χ2n) is 9.19. The van der Waals surface area contributed by atoms with E-state index in [2.05, 4.69) is 10.1 Å². The van der Waals surface area contributed by atoms with Crippen molar-refractivity contribution in [1.29, 1.82) is 0 Å². The number of furan rings is 1. The molecule has 2 heterocycles. The minimum absolute atomic E-state index is 0.0453. The predicted octanol–water partition coefficient (Wildman–Crippen LogP) is 6.49. The summed E-state index contributed by atoms with van der Waals surface area (Å²) in [6.45, 7) is 2.10. The molecule has 6 rings (SSSR count). The van der Waals surface area contributed by atoms with Crippen LogP contribution in [0.3, 0.4) is 0 Å². The Bertz CT molecular complexity index is 1940. The largest absolute Gasteiger partial charge is 0.481 e. The minimum atomic E-state index is -0.509. The van der Waals surface area contributed by atoms with Crippen molar-refractivity contribution in [3.63, 3.8) is 0 Å². The van der Waals surface area contributed by atoms with Gasteiger partial charge in [-0.15, -0.1) is 0 Å². The Morgan fingerprint density at radius 3 is 2.58 bits per heavy atom. The summed E-state index contributed by atoms with van der Waals surface area (Å²) in [6, 6.07) is 28.5. The van der Waals surface area contributed by atoms with Gasteiger partial charge in [0.05, 0.1) is 22.0 Å². The fourth-order valence-corrected chi connectivity index (χ4v) is 4.39. The summed E-state index contributed by atoms with van der Waals surface area (Å²) in [6.07, 6.45) is 1.36. The van der Waals surface area contributed by atoms with Gasteiger partial charge in [-0.2, -0.15) is 9.78 Å². The van der Waals surface area contributed by atoms with Crippen LogP contribution in [0.1, 0.15) is 16.7 Å². The van der Waals surface area contributed by atoms with E-state index < -0.39 is 10.5 Å². The third kappa shape index (κ3) is 4.71. The van der Waals surface area contributed by atoms with Crippen LogP contribution in [0.25, 0.3) is 33.5 Å². The van der Waals surface area contributed by atoms with Gasteiger partial charge < -0.3 is 9.15 Å². The highest BCUT2D eigenvalue weighted by molar-refractivity contribution is 5.87. The first-order valence-corrected chi connectivity index (χ1v) is 12.5. The zero-order valence-corrected chi connectivity index (χ0v) is 21.4. The lowest BCUT2D eigenvalue weighted by molar-refractivity contribution is -0.385. The number of nitrogens with zero attached hydrogens (tertiary/aromatic N) is 4. The van der Waals surface area contributed by atoms with Crippen molar-refractivity contribution in [2.24, 2.45) is 5.10 Å². The fraction of sp³-hybridized carbons (Fsp3) is 0.0645. The van der Waals surface area contributed by atoms with Gasteiger partial charge in [-0.05, 0) is 42.8 Å². The summed E-state index contributed by atoms with van der Waals surface area (Å²) in [5.74, 6) is 0.601. The Balaban J connectivity index is 1.47. The number of hydrogen-bond donors (Lipinski definition) is 0. The van der Waals surface area contributed by atoms with Crippen LogP contribution >= 0.6 is 0 Å². The third-order valence-corrected chi connectivity index (χ3v) is 6.44. The van der Waals surface area contributed by atoms with Gasteiger partial charge in [0.15, 0.2) is 5.76 Å². The van der Waals surface area contributed by atoms with E-state index >= 15 is 0 Å². The van der Waals surface area contributed by atoms with Gasteiger partial charge in [-0.1, -0.05) is 66.2 Å². The van der Waals surface area contributed by atoms with Crippen molar-refractivity contribution in [2.75, 3.05) is 0 Å². The summed E-state index contributed by atoms with van der Waals surface area (Å²) in [5, 5.41) is 17.5. The maximum Gasteiger partial charge on any atom is 0.311 e. The van der Waals surface area contributed by atoms with Crippen molar-refractivity contribution in [3.05, 3.63) is 134 Å². The van der Waals surface area contributed by atoms with Crippen LogP contribution in [0, 0.1) is 17.0 Å². The molecule has 196 valence electrons. The number of para-hydroxylation sites is 3. The molecule has 0 N–H and O–H groups in total. The third-order valence-electron chi connectivity index (χ3n) is 6.44. The molecular weight excluding hydrogens is 508 g/mol. The molecule has 0 aliphatic heterocycles. The summed E-state index contributed by atoms with van der Waals surface area (Å²) < 4.78 is 13.1. The molecular formula is C31H22N4O5. The lowest BCUT2D eigenvalue weighted by Crippen LogP contribution is -2.20. The maximum absolute atomic E-state index is 13.6. The van der Waals surface area contributed by atoms with Crippen molar-refractivity contribution in [2.45, 2.75) is 13.5 Å². The van der Waals surface area contributed by atoms with Crippen LogP contribution in [0.4, 0.5) is 5.69 Å². The Hall–Kier alpha value is -5.57. The first-order valence-electron chi connectivity index (χ1n) is 12.5. The molecule has 9 heteroatoms. The molecule has 2 aromatic heterocycles. The van der Waals surface area contributed by atoms with Crippen LogP contribution in [-0.2, 0) is 6.61 Å². The average molecular weight is 531 g/mol. The van der Waals surface area contributed by atoms with E-state index in [1.807, 2.05) is 55.5 Å². The number of aromatic nitrogens is 2. The Morgan fingerprint density at radius 2 is 1.77 bits per heavy atom. The molecule has 0 bridgehead atoms. The zero-order valence-electron chi connectivity index (χ0n) is 21.4. The van der Waals surface area contributed by atoms with Gasteiger partial charge in [0.25, 0.3) is 5.56 Å². The Morgan fingerprint density at radius 1 is 1.00 bits per heavy atom. The van der Waals surface area contributed by atoms with Crippen LogP contribution in [-0.4, -0.2) is 20.8 Å². The van der Waals surface area contributed by atoms with Crippen LogP contribution < -0.4 is 10.3 Å². The van der Waals surface area contributed by atoms with E-state index in [1.54, 1.807) is 42.5 Å². The molecule has 0 aliphatic rings. The molecule has 4 aromatic carbocycles. The van der Waals surface area contributed by atoms with Gasteiger partial charge in [0, 0.05) is 17.0 Å². The lowest BCUT2D eigenvalue weighted by Gasteiger charge is -2.11. The Labute approximate surface area is 227 Å². The van der Waals surface area contributed by atoms with E-state index in [0.717, 1.165) is 21.2 Å². The van der Waals surface area contributed by atoms with Gasteiger partial charge in [0.2, 0.25) is 11.6 Å². The van der Waals surface area contributed by atoms with Gasteiger partial charge in [-0.3, -0.25) is 14.9 Å². The molecule has 40 heavy (non-hydrogen) atoms. The summed E-state index contributed by atoms with van der Waals surface area (Å²) >= 11 is 0. The molecule has 0 fully saturated rings. The molecule has 0 unspecified atom stereocenters. The van der Waals surface area contributed by atoms with E-state index in [-0.39, 0.29) is 23.9 Å². The number of benzene rings is 4. The van der Waals surface area contributed by atoms with Crippen LogP contribution in [0.15, 0.2) is 111 Å². The number of nitro groups is 1. The van der Waals surface area contributed by atoms with Crippen molar-refractivity contribution < 1.29 is 14.1 Å². The molecule has 0 spiro atoms. The first-order chi connectivity index (χ1) is 19.5. The Kier molecular flexibility index (Phi) is 6.37.